The lowest BCUT2D eigenvalue weighted by molar-refractivity contribution is 0.344. The Labute approximate surface area is 201 Å². The van der Waals surface area contributed by atoms with Gasteiger partial charge in [-0.2, -0.15) is 5.10 Å². The molecule has 5 heteroatoms. The van der Waals surface area contributed by atoms with Crippen molar-refractivity contribution < 1.29 is 0 Å². The third-order valence-corrected chi connectivity index (χ3v) is 6.00. The first kappa shape index (κ1) is 26.9. The van der Waals surface area contributed by atoms with Crippen LogP contribution in [0.15, 0.2) is 75.7 Å². The molecule has 182 valence electrons. The lowest BCUT2D eigenvalue weighted by Gasteiger charge is -2.20. The van der Waals surface area contributed by atoms with E-state index in [0.717, 1.165) is 61.3 Å². The Morgan fingerprint density at radius 2 is 2.03 bits per heavy atom. The number of hydrogen-bond acceptors (Lipinski definition) is 5. The number of nitrogens with zero attached hydrogens (tertiary/aromatic N) is 2. The first-order valence-corrected chi connectivity index (χ1v) is 12.1. The van der Waals surface area contributed by atoms with E-state index in [9.17, 15) is 0 Å². The molecule has 0 aromatic rings. The van der Waals surface area contributed by atoms with Crippen LogP contribution in [0.25, 0.3) is 0 Å². The van der Waals surface area contributed by atoms with Crippen LogP contribution >= 0.6 is 0 Å². The van der Waals surface area contributed by atoms with Gasteiger partial charge in [-0.1, -0.05) is 51.7 Å². The fraction of sp³-hybridized carbons (Fsp3) is 0.536. The zero-order valence-corrected chi connectivity index (χ0v) is 21.7. The predicted molar refractivity (Wildman–Crippen MR) is 144 cm³/mol. The van der Waals surface area contributed by atoms with Crippen LogP contribution in [0.1, 0.15) is 66.7 Å². The summed E-state index contributed by atoms with van der Waals surface area (Å²) in [6.07, 6.45) is 15.6. The van der Waals surface area contributed by atoms with Gasteiger partial charge in [0, 0.05) is 24.8 Å². The topological polar surface area (TPSA) is 79.7 Å². The lowest BCUT2D eigenvalue weighted by atomic mass is 9.87. The average Bonchev–Trinajstić information content (AvgIpc) is 3.03. The molecule has 0 aromatic heterocycles. The van der Waals surface area contributed by atoms with Crippen LogP contribution in [-0.2, 0) is 0 Å². The van der Waals surface area contributed by atoms with Gasteiger partial charge in [-0.25, -0.2) is 0 Å². The molecule has 2 rings (SSSR count). The maximum atomic E-state index is 6.49. The summed E-state index contributed by atoms with van der Waals surface area (Å²) in [5, 5.41) is 4.61. The zero-order chi connectivity index (χ0) is 24.6. The molecule has 0 saturated heterocycles. The standard InChI is InChI=1S/C28H45N5/c1-20(18-33(7)19-21(2)29)24-10-8-9-23(11-12-24)17-26(30)27-14-13-25(22(3)31-32-27)15-16-28(4,5)6/h8,10-12,17,21,31H,1,9,13-16,18-19,29-30H2,2-7H3/b26-17-. The highest BCUT2D eigenvalue weighted by Gasteiger charge is 2.16. The number of rotatable bonds is 9. The second kappa shape index (κ2) is 12.2. The Hall–Kier alpha value is -2.37. The van der Waals surface area contributed by atoms with E-state index in [1.165, 1.54) is 23.3 Å². The quantitative estimate of drug-likeness (QED) is 0.443. The molecule has 1 unspecified atom stereocenters. The maximum Gasteiger partial charge on any atom is 0.0839 e. The van der Waals surface area contributed by atoms with Gasteiger partial charge < -0.3 is 16.4 Å². The van der Waals surface area contributed by atoms with Gasteiger partial charge in [0.15, 0.2) is 0 Å². The van der Waals surface area contributed by atoms with Gasteiger partial charge in [0.1, 0.15) is 0 Å². The summed E-state index contributed by atoms with van der Waals surface area (Å²) < 4.78 is 0. The van der Waals surface area contributed by atoms with Crippen LogP contribution in [0.4, 0.5) is 0 Å². The van der Waals surface area contributed by atoms with Crippen molar-refractivity contribution in [1.29, 1.82) is 0 Å². The van der Waals surface area contributed by atoms with Crippen molar-refractivity contribution in [3.05, 3.63) is 70.6 Å². The number of nitrogens with two attached hydrogens (primary N) is 2. The average molecular weight is 452 g/mol. The Balaban J connectivity index is 2.03. The molecule has 0 amide bonds. The van der Waals surface area contributed by atoms with E-state index in [1.54, 1.807) is 0 Å². The minimum atomic E-state index is 0.149. The van der Waals surface area contributed by atoms with Crippen molar-refractivity contribution in [1.82, 2.24) is 10.3 Å². The molecular weight excluding hydrogens is 406 g/mol. The van der Waals surface area contributed by atoms with E-state index >= 15 is 0 Å². The number of hydrazone groups is 1. The van der Waals surface area contributed by atoms with Crippen molar-refractivity contribution in [2.75, 3.05) is 20.1 Å². The Morgan fingerprint density at radius 1 is 1.30 bits per heavy atom. The van der Waals surface area contributed by atoms with Crippen LogP contribution in [-0.4, -0.2) is 36.8 Å². The Morgan fingerprint density at radius 3 is 2.70 bits per heavy atom. The minimum Gasteiger partial charge on any atom is -0.397 e. The number of nitrogens with one attached hydrogen (secondary N) is 1. The van der Waals surface area contributed by atoms with E-state index in [1.807, 2.05) is 6.92 Å². The lowest BCUT2D eigenvalue weighted by Crippen LogP contribution is -2.34. The summed E-state index contributed by atoms with van der Waals surface area (Å²) >= 11 is 0. The number of likely N-dealkylation sites (N-methyl/N-ethyl adjacent to an activating group) is 1. The summed E-state index contributed by atoms with van der Waals surface area (Å²) in [5.41, 5.74) is 23.7. The highest BCUT2D eigenvalue weighted by Crippen LogP contribution is 2.28. The molecule has 0 fully saturated rings. The molecule has 0 aromatic carbocycles. The number of hydrogen-bond donors (Lipinski definition) is 3. The molecule has 1 heterocycles. The second-order valence-corrected chi connectivity index (χ2v) is 10.8. The van der Waals surface area contributed by atoms with Crippen LogP contribution in [0, 0.1) is 5.41 Å². The van der Waals surface area contributed by atoms with Gasteiger partial charge in [0.25, 0.3) is 0 Å². The highest BCUT2D eigenvalue weighted by atomic mass is 15.3. The van der Waals surface area contributed by atoms with Crippen molar-refractivity contribution in [2.45, 2.75) is 72.8 Å². The largest absolute Gasteiger partial charge is 0.397 e. The van der Waals surface area contributed by atoms with Gasteiger partial charge in [0.05, 0.1) is 11.4 Å². The fourth-order valence-electron chi connectivity index (χ4n) is 4.03. The molecule has 0 saturated carbocycles. The molecule has 2 aliphatic rings. The maximum absolute atomic E-state index is 6.49. The molecule has 33 heavy (non-hydrogen) atoms. The van der Waals surface area contributed by atoms with Gasteiger partial charge in [-0.15, -0.1) is 0 Å². The smallest absolute Gasteiger partial charge is 0.0839 e. The Bertz CT molecular complexity index is 888. The van der Waals surface area contributed by atoms with Crippen LogP contribution < -0.4 is 16.9 Å². The first-order chi connectivity index (χ1) is 15.4. The molecule has 1 aliphatic carbocycles. The van der Waals surface area contributed by atoms with Crippen molar-refractivity contribution in [2.24, 2.45) is 22.0 Å². The summed E-state index contributed by atoms with van der Waals surface area (Å²) in [6, 6.07) is 0.149. The van der Waals surface area contributed by atoms with E-state index in [4.69, 9.17) is 11.5 Å². The molecule has 1 aliphatic heterocycles. The molecule has 1 atom stereocenters. The third-order valence-electron chi connectivity index (χ3n) is 6.00. The monoisotopic (exact) mass is 451 g/mol. The van der Waals surface area contributed by atoms with Crippen molar-refractivity contribution in [3.63, 3.8) is 0 Å². The van der Waals surface area contributed by atoms with Gasteiger partial charge >= 0.3 is 0 Å². The molecule has 5 nitrogen and oxygen atoms in total. The highest BCUT2D eigenvalue weighted by molar-refractivity contribution is 5.99. The molecule has 0 bridgehead atoms. The third kappa shape index (κ3) is 9.56. The van der Waals surface area contributed by atoms with E-state index in [0.29, 0.717) is 5.41 Å². The van der Waals surface area contributed by atoms with Crippen molar-refractivity contribution >= 4 is 5.71 Å². The number of allylic oxidation sites excluding steroid dienone is 9. The van der Waals surface area contributed by atoms with Crippen LogP contribution in [0.3, 0.4) is 0 Å². The van der Waals surface area contributed by atoms with Gasteiger partial charge in [-0.05, 0) is 86.8 Å². The molecule has 0 spiro atoms. The zero-order valence-electron chi connectivity index (χ0n) is 21.7. The normalized spacial score (nSPS) is 18.8. The van der Waals surface area contributed by atoms with E-state index in [-0.39, 0.29) is 6.04 Å². The molecular formula is C28H45N5. The van der Waals surface area contributed by atoms with Crippen LogP contribution in [0.2, 0.25) is 0 Å². The summed E-state index contributed by atoms with van der Waals surface area (Å²) in [4.78, 5) is 2.21. The minimum absolute atomic E-state index is 0.149. The summed E-state index contributed by atoms with van der Waals surface area (Å²) in [6.45, 7) is 16.9. The first-order valence-electron chi connectivity index (χ1n) is 12.1. The second-order valence-electron chi connectivity index (χ2n) is 10.8. The van der Waals surface area contributed by atoms with E-state index < -0.39 is 0 Å². The van der Waals surface area contributed by atoms with Crippen LogP contribution in [0.5, 0.6) is 0 Å². The molecule has 0 radical (unpaired) electrons. The summed E-state index contributed by atoms with van der Waals surface area (Å²) in [5.74, 6) is 0. The summed E-state index contributed by atoms with van der Waals surface area (Å²) in [7, 11) is 2.08. The van der Waals surface area contributed by atoms with Gasteiger partial charge in [-0.3, -0.25) is 5.43 Å². The molecule has 5 N–H and O–H groups in total. The SMILES string of the molecule is C=C(CN(C)CC(C)N)C1=CC=C(/C=C(\N)C2=NNC(C)=C(CCC(C)(C)C)CC2)CC=C1. The van der Waals surface area contributed by atoms with Gasteiger partial charge in [0.2, 0.25) is 0 Å². The predicted octanol–water partition coefficient (Wildman–Crippen LogP) is 5.32. The fourth-order valence-corrected chi connectivity index (χ4v) is 4.03. The van der Waals surface area contributed by atoms with Crippen molar-refractivity contribution in [3.8, 4) is 0 Å². The van der Waals surface area contributed by atoms with E-state index in [2.05, 4.69) is 87.1 Å². The Kier molecular flexibility index (Phi) is 9.93.